The average Bonchev–Trinajstić information content (AvgIpc) is 2.37. The summed E-state index contributed by atoms with van der Waals surface area (Å²) in [6.45, 7) is 8.67. The van der Waals surface area contributed by atoms with Crippen molar-refractivity contribution in [2.75, 3.05) is 0 Å². The molecule has 0 radical (unpaired) electrons. The summed E-state index contributed by atoms with van der Waals surface area (Å²) in [4.78, 5) is 16.5. The van der Waals surface area contributed by atoms with Gasteiger partial charge in [-0.2, -0.15) is 0 Å². The number of rotatable bonds is 2. The second-order valence-corrected chi connectivity index (χ2v) is 3.63. The molecule has 1 aromatic heterocycles. The van der Waals surface area contributed by atoms with Crippen molar-refractivity contribution in [1.82, 2.24) is 9.55 Å². The van der Waals surface area contributed by atoms with Crippen LogP contribution in [-0.4, -0.2) is 9.55 Å². The first-order valence-corrected chi connectivity index (χ1v) is 6.20. The van der Waals surface area contributed by atoms with Gasteiger partial charge in [-0.3, -0.25) is 9.36 Å². The van der Waals surface area contributed by atoms with Crippen LogP contribution in [0.3, 0.4) is 0 Å². The summed E-state index contributed by atoms with van der Waals surface area (Å²) in [5.74, 6) is 0.792. The van der Waals surface area contributed by atoms with E-state index in [0.717, 1.165) is 24.3 Å². The highest BCUT2D eigenvalue weighted by Crippen LogP contribution is 2.07. The fourth-order valence-electron chi connectivity index (χ4n) is 1.77. The molecular formula is C14H20N2O. The van der Waals surface area contributed by atoms with Gasteiger partial charge in [0, 0.05) is 6.54 Å². The van der Waals surface area contributed by atoms with Gasteiger partial charge in [0.25, 0.3) is 5.56 Å². The molecule has 0 saturated carbocycles. The first-order valence-electron chi connectivity index (χ1n) is 6.20. The largest absolute Gasteiger partial charge is 0.296 e. The minimum absolute atomic E-state index is 0.0694. The highest BCUT2D eigenvalue weighted by molar-refractivity contribution is 5.77. The zero-order valence-electron chi connectivity index (χ0n) is 11.0. The molecule has 0 unspecified atom stereocenters. The normalized spacial score (nSPS) is 9.88. The quantitative estimate of drug-likeness (QED) is 0.797. The highest BCUT2D eigenvalue weighted by atomic mass is 16.1. The molecule has 2 aromatic rings. The fraction of sp³-hybridized carbons (Fsp3) is 0.429. The predicted octanol–water partition coefficient (Wildman–Crippen LogP) is 3.14. The molecule has 0 spiro atoms. The smallest absolute Gasteiger partial charge is 0.261 e. The molecule has 0 atom stereocenters. The van der Waals surface area contributed by atoms with Crippen LogP contribution in [0.1, 0.15) is 33.0 Å². The van der Waals surface area contributed by atoms with Crippen LogP contribution in [0.25, 0.3) is 10.9 Å². The number of aryl methyl sites for hydroxylation is 1. The van der Waals surface area contributed by atoms with Gasteiger partial charge in [0.05, 0.1) is 10.9 Å². The van der Waals surface area contributed by atoms with Gasteiger partial charge in [-0.25, -0.2) is 4.98 Å². The molecule has 2 rings (SSSR count). The first kappa shape index (κ1) is 13.4. The fourth-order valence-corrected chi connectivity index (χ4v) is 1.77. The van der Waals surface area contributed by atoms with Crippen LogP contribution >= 0.6 is 0 Å². The van der Waals surface area contributed by atoms with Crippen LogP contribution in [0.2, 0.25) is 0 Å². The van der Waals surface area contributed by atoms with E-state index >= 15 is 0 Å². The molecule has 3 nitrogen and oxygen atoms in total. The van der Waals surface area contributed by atoms with Gasteiger partial charge in [0.15, 0.2) is 0 Å². The SMILES string of the molecule is CC.CCCn1c(C)nc2ccccc2c1=O. The maximum atomic E-state index is 12.1. The zero-order valence-corrected chi connectivity index (χ0v) is 11.0. The topological polar surface area (TPSA) is 34.9 Å². The van der Waals surface area contributed by atoms with Crippen LogP contribution in [0.5, 0.6) is 0 Å². The second kappa shape index (κ2) is 6.18. The Morgan fingerprint density at radius 2 is 1.88 bits per heavy atom. The van der Waals surface area contributed by atoms with E-state index in [4.69, 9.17) is 0 Å². The molecule has 92 valence electrons. The van der Waals surface area contributed by atoms with Crippen LogP contribution in [0.15, 0.2) is 29.1 Å². The molecule has 1 heterocycles. The molecule has 0 aliphatic rings. The Labute approximate surface area is 102 Å². The number of aromatic nitrogens is 2. The summed E-state index contributed by atoms with van der Waals surface area (Å²) in [6.07, 6.45) is 0.945. The molecule has 3 heteroatoms. The third-order valence-corrected chi connectivity index (χ3v) is 2.50. The third kappa shape index (κ3) is 2.73. The molecule has 1 aromatic carbocycles. The van der Waals surface area contributed by atoms with E-state index in [2.05, 4.69) is 11.9 Å². The van der Waals surface area contributed by atoms with Gasteiger partial charge in [-0.1, -0.05) is 32.9 Å². The molecule has 0 fully saturated rings. The van der Waals surface area contributed by atoms with E-state index in [-0.39, 0.29) is 5.56 Å². The van der Waals surface area contributed by atoms with Gasteiger partial charge in [-0.05, 0) is 25.5 Å². The van der Waals surface area contributed by atoms with Crippen molar-refractivity contribution in [3.63, 3.8) is 0 Å². The number of benzene rings is 1. The Hall–Kier alpha value is -1.64. The number of fused-ring (bicyclic) bond motifs is 1. The van der Waals surface area contributed by atoms with E-state index < -0.39 is 0 Å². The summed E-state index contributed by atoms with van der Waals surface area (Å²) in [5.41, 5.74) is 0.854. The summed E-state index contributed by atoms with van der Waals surface area (Å²) >= 11 is 0. The van der Waals surface area contributed by atoms with E-state index in [1.807, 2.05) is 45.0 Å². The summed E-state index contributed by atoms with van der Waals surface area (Å²) in [7, 11) is 0. The van der Waals surface area contributed by atoms with Crippen molar-refractivity contribution < 1.29 is 0 Å². The van der Waals surface area contributed by atoms with Gasteiger partial charge in [0.1, 0.15) is 5.82 Å². The number of nitrogens with zero attached hydrogens (tertiary/aromatic N) is 2. The minimum Gasteiger partial charge on any atom is -0.296 e. The maximum absolute atomic E-state index is 12.1. The molecule has 0 amide bonds. The van der Waals surface area contributed by atoms with E-state index in [0.29, 0.717) is 5.39 Å². The lowest BCUT2D eigenvalue weighted by Gasteiger charge is -2.08. The molecule has 0 N–H and O–H groups in total. The third-order valence-electron chi connectivity index (χ3n) is 2.50. The summed E-state index contributed by atoms with van der Waals surface area (Å²) in [5, 5.41) is 0.705. The minimum atomic E-state index is 0.0694. The first-order chi connectivity index (χ1) is 8.24. The predicted molar refractivity (Wildman–Crippen MR) is 72.4 cm³/mol. The van der Waals surface area contributed by atoms with E-state index in [1.165, 1.54) is 0 Å². The monoisotopic (exact) mass is 232 g/mol. The molecule has 17 heavy (non-hydrogen) atoms. The zero-order chi connectivity index (χ0) is 12.8. The standard InChI is InChI=1S/C12H14N2O.C2H6/c1-3-8-14-9(2)13-11-7-5-4-6-10(11)12(14)15;1-2/h4-7H,3,8H2,1-2H3;1-2H3. The van der Waals surface area contributed by atoms with Gasteiger partial charge < -0.3 is 0 Å². The van der Waals surface area contributed by atoms with Crippen molar-refractivity contribution in [2.24, 2.45) is 0 Å². The average molecular weight is 232 g/mol. The summed E-state index contributed by atoms with van der Waals surface area (Å²) < 4.78 is 1.74. The van der Waals surface area contributed by atoms with Crippen molar-refractivity contribution >= 4 is 10.9 Å². The Morgan fingerprint density at radius 1 is 1.24 bits per heavy atom. The number of para-hydroxylation sites is 1. The Bertz CT molecular complexity index is 543. The van der Waals surface area contributed by atoms with Crippen LogP contribution in [0.4, 0.5) is 0 Å². The molecule has 0 aliphatic carbocycles. The lowest BCUT2D eigenvalue weighted by Crippen LogP contribution is -2.23. The van der Waals surface area contributed by atoms with Crippen molar-refractivity contribution in [1.29, 1.82) is 0 Å². The highest BCUT2D eigenvalue weighted by Gasteiger charge is 2.05. The van der Waals surface area contributed by atoms with Crippen LogP contribution < -0.4 is 5.56 Å². The molecule has 0 aliphatic heterocycles. The van der Waals surface area contributed by atoms with Crippen molar-refractivity contribution in [3.8, 4) is 0 Å². The molecular weight excluding hydrogens is 212 g/mol. The number of hydrogen-bond acceptors (Lipinski definition) is 2. The van der Waals surface area contributed by atoms with Crippen molar-refractivity contribution in [3.05, 3.63) is 40.4 Å². The van der Waals surface area contributed by atoms with E-state index in [9.17, 15) is 4.79 Å². The molecule has 0 bridgehead atoms. The lowest BCUT2D eigenvalue weighted by atomic mass is 10.2. The Balaban J connectivity index is 0.000000686. The van der Waals surface area contributed by atoms with Gasteiger partial charge in [-0.15, -0.1) is 0 Å². The summed E-state index contributed by atoms with van der Waals surface area (Å²) in [6, 6.07) is 7.48. The Kier molecular flexibility index (Phi) is 4.88. The van der Waals surface area contributed by atoms with Crippen LogP contribution in [0, 0.1) is 6.92 Å². The number of hydrogen-bond donors (Lipinski definition) is 0. The second-order valence-electron chi connectivity index (χ2n) is 3.63. The van der Waals surface area contributed by atoms with Crippen molar-refractivity contribution in [2.45, 2.75) is 40.7 Å². The Morgan fingerprint density at radius 3 is 2.53 bits per heavy atom. The molecule has 0 saturated heterocycles. The lowest BCUT2D eigenvalue weighted by molar-refractivity contribution is 0.625. The van der Waals surface area contributed by atoms with Gasteiger partial charge >= 0.3 is 0 Å². The van der Waals surface area contributed by atoms with Gasteiger partial charge in [0.2, 0.25) is 0 Å². The van der Waals surface area contributed by atoms with E-state index in [1.54, 1.807) is 4.57 Å². The van der Waals surface area contributed by atoms with Crippen LogP contribution in [-0.2, 0) is 6.54 Å². The maximum Gasteiger partial charge on any atom is 0.261 e.